The van der Waals surface area contributed by atoms with Gasteiger partial charge < -0.3 is 4.90 Å². The van der Waals surface area contributed by atoms with E-state index in [0.29, 0.717) is 6.54 Å². The lowest BCUT2D eigenvalue weighted by Crippen LogP contribution is -2.24. The fraction of sp³-hybridized carbons (Fsp3) is 0.294. The second-order valence-corrected chi connectivity index (χ2v) is 5.45. The molecule has 1 amide bonds. The molecular formula is C17H20N4O3. The number of rotatable bonds is 6. The lowest BCUT2D eigenvalue weighted by molar-refractivity contribution is -0.384. The van der Waals surface area contributed by atoms with Gasteiger partial charge in [-0.3, -0.25) is 19.6 Å². The van der Waals surface area contributed by atoms with Gasteiger partial charge in [-0.25, -0.2) is 0 Å². The van der Waals surface area contributed by atoms with Crippen LogP contribution in [0.25, 0.3) is 6.08 Å². The lowest BCUT2D eigenvalue weighted by atomic mass is 10.2. The van der Waals surface area contributed by atoms with Gasteiger partial charge in [0.25, 0.3) is 5.69 Å². The molecule has 1 heterocycles. The molecule has 7 heteroatoms. The van der Waals surface area contributed by atoms with Crippen molar-refractivity contribution >= 4 is 17.7 Å². The third-order valence-electron chi connectivity index (χ3n) is 3.81. The van der Waals surface area contributed by atoms with Gasteiger partial charge >= 0.3 is 0 Å². The average molecular weight is 328 g/mol. The number of nitrogens with zero attached hydrogens (tertiary/aromatic N) is 4. The Hall–Kier alpha value is -2.96. The first-order valence-corrected chi connectivity index (χ1v) is 7.61. The second kappa shape index (κ2) is 7.54. The number of amides is 1. The van der Waals surface area contributed by atoms with E-state index in [-0.39, 0.29) is 11.6 Å². The van der Waals surface area contributed by atoms with Crippen molar-refractivity contribution in [3.05, 3.63) is 63.5 Å². The van der Waals surface area contributed by atoms with E-state index in [1.165, 1.54) is 18.2 Å². The molecule has 126 valence electrons. The zero-order chi connectivity index (χ0) is 17.7. The van der Waals surface area contributed by atoms with Crippen LogP contribution in [0.2, 0.25) is 0 Å². The molecule has 2 rings (SSSR count). The van der Waals surface area contributed by atoms with Gasteiger partial charge in [-0.1, -0.05) is 0 Å². The van der Waals surface area contributed by atoms with Gasteiger partial charge in [-0.2, -0.15) is 5.10 Å². The molecule has 2 aromatic rings. The van der Waals surface area contributed by atoms with Gasteiger partial charge in [0.1, 0.15) is 0 Å². The molecule has 0 spiro atoms. The Labute approximate surface area is 140 Å². The van der Waals surface area contributed by atoms with E-state index in [4.69, 9.17) is 0 Å². The van der Waals surface area contributed by atoms with Crippen molar-refractivity contribution in [3.63, 3.8) is 0 Å². The summed E-state index contributed by atoms with van der Waals surface area (Å²) in [4.78, 5) is 23.9. The summed E-state index contributed by atoms with van der Waals surface area (Å²) < 4.78 is 1.89. The fourth-order valence-electron chi connectivity index (χ4n) is 2.29. The summed E-state index contributed by atoms with van der Waals surface area (Å²) in [5.41, 5.74) is 2.82. The quantitative estimate of drug-likeness (QED) is 0.464. The number of hydrogen-bond donors (Lipinski definition) is 0. The number of benzene rings is 1. The summed E-state index contributed by atoms with van der Waals surface area (Å²) in [6, 6.07) is 6.04. The third kappa shape index (κ3) is 4.07. The molecule has 0 aliphatic rings. The largest absolute Gasteiger partial charge is 0.338 e. The number of aryl methyl sites for hydroxylation is 1. The van der Waals surface area contributed by atoms with Crippen LogP contribution in [0.1, 0.15) is 23.7 Å². The minimum absolute atomic E-state index is 0.0269. The van der Waals surface area contributed by atoms with Gasteiger partial charge in [0.05, 0.1) is 11.1 Å². The molecule has 0 aliphatic heterocycles. The van der Waals surface area contributed by atoms with Crippen LogP contribution in [0, 0.1) is 17.0 Å². The first-order chi connectivity index (χ1) is 11.4. The van der Waals surface area contributed by atoms with Crippen molar-refractivity contribution < 1.29 is 9.72 Å². The minimum atomic E-state index is -0.453. The van der Waals surface area contributed by atoms with Crippen molar-refractivity contribution in [2.24, 2.45) is 0 Å². The molecule has 0 bridgehead atoms. The maximum absolute atomic E-state index is 12.2. The van der Waals surface area contributed by atoms with Crippen molar-refractivity contribution in [2.45, 2.75) is 26.9 Å². The van der Waals surface area contributed by atoms with Crippen LogP contribution in [0.3, 0.4) is 0 Å². The normalized spacial score (nSPS) is 11.0. The first kappa shape index (κ1) is 17.4. The van der Waals surface area contributed by atoms with Crippen LogP contribution in [-0.2, 0) is 17.9 Å². The highest BCUT2D eigenvalue weighted by Gasteiger charge is 2.11. The standard InChI is InChI=1S/C17H20N4O3/c1-4-20-13(2)15(11-18-20)12-19(3)17(22)10-7-14-5-8-16(9-6-14)21(23)24/h5-11H,4,12H2,1-3H3/b10-7+. The Morgan fingerprint density at radius 3 is 2.58 bits per heavy atom. The van der Waals surface area contributed by atoms with Crippen molar-refractivity contribution in [1.29, 1.82) is 0 Å². The van der Waals surface area contributed by atoms with E-state index >= 15 is 0 Å². The monoisotopic (exact) mass is 328 g/mol. The first-order valence-electron chi connectivity index (χ1n) is 7.61. The van der Waals surface area contributed by atoms with Gasteiger partial charge in [0, 0.05) is 49.6 Å². The molecule has 1 aromatic carbocycles. The minimum Gasteiger partial charge on any atom is -0.338 e. The van der Waals surface area contributed by atoms with E-state index in [2.05, 4.69) is 5.10 Å². The second-order valence-electron chi connectivity index (χ2n) is 5.45. The zero-order valence-corrected chi connectivity index (χ0v) is 14.0. The van der Waals surface area contributed by atoms with Gasteiger partial charge in [0.15, 0.2) is 0 Å². The molecule has 7 nitrogen and oxygen atoms in total. The molecule has 0 radical (unpaired) electrons. The molecule has 0 fully saturated rings. The predicted octanol–water partition coefficient (Wildman–Crippen LogP) is 2.79. The Bertz CT molecular complexity index is 763. The topological polar surface area (TPSA) is 81.3 Å². The summed E-state index contributed by atoms with van der Waals surface area (Å²) in [5.74, 6) is -0.142. The number of carbonyl (C=O) groups excluding carboxylic acids is 1. The summed E-state index contributed by atoms with van der Waals surface area (Å²) in [7, 11) is 1.73. The number of likely N-dealkylation sites (N-methyl/N-ethyl adjacent to an activating group) is 1. The molecule has 0 unspecified atom stereocenters. The van der Waals surface area contributed by atoms with Crippen molar-refractivity contribution in [2.75, 3.05) is 7.05 Å². The molecule has 0 N–H and O–H groups in total. The summed E-state index contributed by atoms with van der Waals surface area (Å²) in [6.07, 6.45) is 4.88. The number of non-ortho nitro benzene ring substituents is 1. The zero-order valence-electron chi connectivity index (χ0n) is 14.0. The fourth-order valence-corrected chi connectivity index (χ4v) is 2.29. The van der Waals surface area contributed by atoms with Crippen molar-refractivity contribution in [3.8, 4) is 0 Å². The number of aromatic nitrogens is 2. The van der Waals surface area contributed by atoms with E-state index in [9.17, 15) is 14.9 Å². The Kier molecular flexibility index (Phi) is 5.47. The van der Waals surface area contributed by atoms with E-state index < -0.39 is 4.92 Å². The number of hydrogen-bond acceptors (Lipinski definition) is 4. The molecule has 24 heavy (non-hydrogen) atoms. The Morgan fingerprint density at radius 2 is 2.04 bits per heavy atom. The smallest absolute Gasteiger partial charge is 0.269 e. The number of nitro benzene ring substituents is 1. The molecule has 1 aromatic heterocycles. The summed E-state index contributed by atoms with van der Waals surface area (Å²) >= 11 is 0. The maximum atomic E-state index is 12.2. The van der Waals surface area contributed by atoms with Crippen LogP contribution in [0.15, 0.2) is 36.5 Å². The lowest BCUT2D eigenvalue weighted by Gasteiger charge is -2.14. The third-order valence-corrected chi connectivity index (χ3v) is 3.81. The van der Waals surface area contributed by atoms with Crippen LogP contribution in [0.5, 0.6) is 0 Å². The van der Waals surface area contributed by atoms with Crippen LogP contribution < -0.4 is 0 Å². The molecule has 0 saturated carbocycles. The molecule has 0 saturated heterocycles. The highest BCUT2D eigenvalue weighted by molar-refractivity contribution is 5.91. The van der Waals surface area contributed by atoms with E-state index in [1.54, 1.807) is 36.4 Å². The van der Waals surface area contributed by atoms with Crippen LogP contribution in [-0.4, -0.2) is 32.6 Å². The summed E-state index contributed by atoms with van der Waals surface area (Å²) in [6.45, 7) is 5.28. The highest BCUT2D eigenvalue weighted by atomic mass is 16.6. The highest BCUT2D eigenvalue weighted by Crippen LogP contribution is 2.13. The number of nitro groups is 1. The summed E-state index contributed by atoms with van der Waals surface area (Å²) in [5, 5.41) is 14.9. The van der Waals surface area contributed by atoms with Gasteiger partial charge in [-0.15, -0.1) is 0 Å². The molecule has 0 atom stereocenters. The van der Waals surface area contributed by atoms with Gasteiger partial charge in [-0.05, 0) is 37.6 Å². The predicted molar refractivity (Wildman–Crippen MR) is 91.2 cm³/mol. The van der Waals surface area contributed by atoms with E-state index in [0.717, 1.165) is 23.4 Å². The molecule has 0 aliphatic carbocycles. The Morgan fingerprint density at radius 1 is 1.38 bits per heavy atom. The Balaban J connectivity index is 2.00. The SMILES string of the molecule is CCn1ncc(CN(C)C(=O)/C=C/c2ccc([N+](=O)[O-])cc2)c1C. The van der Waals surface area contributed by atoms with Crippen LogP contribution in [0.4, 0.5) is 5.69 Å². The maximum Gasteiger partial charge on any atom is 0.269 e. The van der Waals surface area contributed by atoms with Crippen molar-refractivity contribution in [1.82, 2.24) is 14.7 Å². The number of carbonyl (C=O) groups is 1. The van der Waals surface area contributed by atoms with Gasteiger partial charge in [0.2, 0.25) is 5.91 Å². The van der Waals surface area contributed by atoms with E-state index in [1.807, 2.05) is 18.5 Å². The molecular weight excluding hydrogens is 308 g/mol. The average Bonchev–Trinajstić information content (AvgIpc) is 2.92. The van der Waals surface area contributed by atoms with Crippen LogP contribution >= 0.6 is 0 Å².